The molecule has 2 rings (SSSR count). The van der Waals surface area contributed by atoms with E-state index in [4.69, 9.17) is 17.3 Å². The van der Waals surface area contributed by atoms with E-state index in [0.717, 1.165) is 18.9 Å². The molecule has 2 N–H and O–H groups in total. The van der Waals surface area contributed by atoms with E-state index in [1.807, 2.05) is 0 Å². The summed E-state index contributed by atoms with van der Waals surface area (Å²) in [6.45, 7) is 6.48. The third kappa shape index (κ3) is 2.38. The monoisotopic (exact) mass is 240 g/mol. The van der Waals surface area contributed by atoms with Gasteiger partial charge in [-0.1, -0.05) is 13.8 Å². The molecule has 2 atom stereocenters. The van der Waals surface area contributed by atoms with E-state index in [1.54, 1.807) is 6.20 Å². The van der Waals surface area contributed by atoms with Gasteiger partial charge in [-0.05, 0) is 29.9 Å². The Morgan fingerprint density at radius 2 is 2.00 bits per heavy atom. The van der Waals surface area contributed by atoms with Gasteiger partial charge in [0.15, 0.2) is 5.82 Å². The first-order valence-corrected chi connectivity index (χ1v) is 5.97. The number of hydrogen-bond acceptors (Lipinski definition) is 4. The van der Waals surface area contributed by atoms with Gasteiger partial charge in [0.1, 0.15) is 0 Å². The number of rotatable bonds is 1. The van der Waals surface area contributed by atoms with Crippen molar-refractivity contribution in [2.45, 2.75) is 20.3 Å². The van der Waals surface area contributed by atoms with Crippen molar-refractivity contribution in [1.29, 1.82) is 0 Å². The van der Waals surface area contributed by atoms with Crippen LogP contribution in [0.1, 0.15) is 20.3 Å². The zero-order valence-electron chi connectivity index (χ0n) is 9.65. The minimum Gasteiger partial charge on any atom is -0.394 e. The molecule has 0 spiro atoms. The summed E-state index contributed by atoms with van der Waals surface area (Å²) in [7, 11) is 0. The maximum Gasteiger partial charge on any atom is 0.224 e. The van der Waals surface area contributed by atoms with Crippen LogP contribution in [0.5, 0.6) is 0 Å². The fourth-order valence-electron chi connectivity index (χ4n) is 2.45. The normalized spacial score (nSPS) is 25.8. The Hall–Kier alpha value is -1.03. The van der Waals surface area contributed by atoms with Crippen molar-refractivity contribution < 1.29 is 0 Å². The van der Waals surface area contributed by atoms with Gasteiger partial charge < -0.3 is 10.6 Å². The van der Waals surface area contributed by atoms with Gasteiger partial charge in [-0.3, -0.25) is 0 Å². The molecule has 5 heteroatoms. The fraction of sp³-hybridized carbons (Fsp3) is 0.636. The van der Waals surface area contributed by atoms with Crippen LogP contribution in [0, 0.1) is 11.8 Å². The molecule has 1 aromatic heterocycles. The summed E-state index contributed by atoms with van der Waals surface area (Å²) in [6, 6.07) is 0. The van der Waals surface area contributed by atoms with E-state index in [9.17, 15) is 0 Å². The van der Waals surface area contributed by atoms with Gasteiger partial charge in [0.05, 0.1) is 11.9 Å². The van der Waals surface area contributed by atoms with Crippen molar-refractivity contribution in [2.24, 2.45) is 11.8 Å². The third-order valence-corrected chi connectivity index (χ3v) is 3.12. The zero-order chi connectivity index (χ0) is 11.7. The highest BCUT2D eigenvalue weighted by Crippen LogP contribution is 2.28. The molecule has 1 fully saturated rings. The number of halogens is 1. The van der Waals surface area contributed by atoms with Gasteiger partial charge in [-0.25, -0.2) is 4.98 Å². The van der Waals surface area contributed by atoms with Crippen LogP contribution >= 0.6 is 11.6 Å². The van der Waals surface area contributed by atoms with Crippen LogP contribution in [0.3, 0.4) is 0 Å². The van der Waals surface area contributed by atoms with Gasteiger partial charge in [-0.2, -0.15) is 4.98 Å². The number of aromatic nitrogens is 2. The predicted molar refractivity (Wildman–Crippen MR) is 66.6 cm³/mol. The van der Waals surface area contributed by atoms with E-state index < -0.39 is 0 Å². The number of nitrogens with zero attached hydrogens (tertiary/aromatic N) is 3. The molecule has 1 saturated heterocycles. The lowest BCUT2D eigenvalue weighted by Gasteiger charge is -2.36. The SMILES string of the molecule is CC1CC(C)CN(c2nc(Cl)ncc2N)C1. The topological polar surface area (TPSA) is 55.0 Å². The molecule has 1 aliphatic rings. The second kappa shape index (κ2) is 4.45. The van der Waals surface area contributed by atoms with Crippen LogP contribution in [0.15, 0.2) is 6.20 Å². The largest absolute Gasteiger partial charge is 0.394 e. The maximum absolute atomic E-state index is 5.89. The Morgan fingerprint density at radius 1 is 1.38 bits per heavy atom. The van der Waals surface area contributed by atoms with Gasteiger partial charge >= 0.3 is 0 Å². The van der Waals surface area contributed by atoms with Crippen molar-refractivity contribution in [3.8, 4) is 0 Å². The van der Waals surface area contributed by atoms with Crippen LogP contribution in [0.4, 0.5) is 11.5 Å². The number of hydrogen-bond donors (Lipinski definition) is 1. The van der Waals surface area contributed by atoms with Crippen molar-refractivity contribution in [2.75, 3.05) is 23.7 Å². The maximum atomic E-state index is 5.89. The van der Waals surface area contributed by atoms with Gasteiger partial charge in [0.2, 0.25) is 5.28 Å². The van der Waals surface area contributed by atoms with E-state index >= 15 is 0 Å². The second-order valence-electron chi connectivity index (χ2n) is 4.77. The van der Waals surface area contributed by atoms with Gasteiger partial charge in [0.25, 0.3) is 0 Å². The standard InChI is InChI=1S/C11H17ClN4/c1-7-3-8(2)6-16(5-7)10-9(13)4-14-11(12)15-10/h4,7-8H,3,5-6,13H2,1-2H3. The number of nitrogens with two attached hydrogens (primary N) is 1. The molecule has 2 unspecified atom stereocenters. The molecule has 4 nitrogen and oxygen atoms in total. The van der Waals surface area contributed by atoms with Crippen LogP contribution in [-0.4, -0.2) is 23.1 Å². The number of piperidine rings is 1. The average molecular weight is 241 g/mol. The summed E-state index contributed by atoms with van der Waals surface area (Å²) in [5.41, 5.74) is 6.49. The van der Waals surface area contributed by atoms with E-state index in [1.165, 1.54) is 6.42 Å². The molecule has 2 heterocycles. The first-order valence-electron chi connectivity index (χ1n) is 5.59. The molecule has 88 valence electrons. The first kappa shape index (κ1) is 11.5. The highest BCUT2D eigenvalue weighted by molar-refractivity contribution is 6.28. The molecule has 0 amide bonds. The molecule has 1 aromatic rings. The molecule has 0 radical (unpaired) electrons. The smallest absolute Gasteiger partial charge is 0.224 e. The number of anilines is 2. The highest BCUT2D eigenvalue weighted by atomic mass is 35.5. The summed E-state index contributed by atoms with van der Waals surface area (Å²) < 4.78 is 0. The second-order valence-corrected chi connectivity index (χ2v) is 5.11. The summed E-state index contributed by atoms with van der Waals surface area (Å²) in [5.74, 6) is 2.10. The van der Waals surface area contributed by atoms with Crippen molar-refractivity contribution in [3.63, 3.8) is 0 Å². The average Bonchev–Trinajstić information content (AvgIpc) is 2.20. The fourth-order valence-corrected chi connectivity index (χ4v) is 2.58. The minimum absolute atomic E-state index is 0.259. The molecular formula is C11H17ClN4. The summed E-state index contributed by atoms with van der Waals surface area (Å²) in [6.07, 6.45) is 2.84. The van der Waals surface area contributed by atoms with Crippen molar-refractivity contribution in [3.05, 3.63) is 11.5 Å². The first-order chi connectivity index (χ1) is 7.56. The highest BCUT2D eigenvalue weighted by Gasteiger charge is 2.24. The summed E-state index contributed by atoms with van der Waals surface area (Å²) >= 11 is 5.80. The molecule has 0 bridgehead atoms. The minimum atomic E-state index is 0.259. The molecule has 1 aliphatic heterocycles. The van der Waals surface area contributed by atoms with E-state index in [2.05, 4.69) is 28.7 Å². The van der Waals surface area contributed by atoms with Crippen LogP contribution < -0.4 is 10.6 Å². The lowest BCUT2D eigenvalue weighted by Crippen LogP contribution is -2.39. The van der Waals surface area contributed by atoms with Crippen LogP contribution in [-0.2, 0) is 0 Å². The Morgan fingerprint density at radius 3 is 2.62 bits per heavy atom. The van der Waals surface area contributed by atoms with Crippen LogP contribution in [0.2, 0.25) is 5.28 Å². The quantitative estimate of drug-likeness (QED) is 0.765. The van der Waals surface area contributed by atoms with E-state index in [-0.39, 0.29) is 5.28 Å². The summed E-state index contributed by atoms with van der Waals surface area (Å²) in [5, 5.41) is 0.259. The Labute approximate surface area is 101 Å². The van der Waals surface area contributed by atoms with Gasteiger partial charge in [-0.15, -0.1) is 0 Å². The van der Waals surface area contributed by atoms with Crippen LogP contribution in [0.25, 0.3) is 0 Å². The third-order valence-electron chi connectivity index (χ3n) is 2.93. The van der Waals surface area contributed by atoms with E-state index in [0.29, 0.717) is 17.5 Å². The molecule has 0 aliphatic carbocycles. The molecular weight excluding hydrogens is 224 g/mol. The lowest BCUT2D eigenvalue weighted by molar-refractivity contribution is 0.355. The predicted octanol–water partition coefficient (Wildman–Crippen LogP) is 2.19. The lowest BCUT2D eigenvalue weighted by atomic mass is 9.92. The number of nitrogen functional groups attached to an aromatic ring is 1. The van der Waals surface area contributed by atoms with Gasteiger partial charge in [0, 0.05) is 13.1 Å². The Bertz CT molecular complexity index is 372. The zero-order valence-corrected chi connectivity index (χ0v) is 10.4. The Kier molecular flexibility index (Phi) is 3.19. The van der Waals surface area contributed by atoms with Crippen molar-refractivity contribution in [1.82, 2.24) is 9.97 Å². The molecule has 0 aromatic carbocycles. The van der Waals surface area contributed by atoms with Crippen molar-refractivity contribution >= 4 is 23.1 Å². The Balaban J connectivity index is 2.25. The molecule has 0 saturated carbocycles. The molecule has 16 heavy (non-hydrogen) atoms. The summed E-state index contributed by atoms with van der Waals surface area (Å²) in [4.78, 5) is 10.3.